The lowest BCUT2D eigenvalue weighted by molar-refractivity contribution is -0.118. The molecule has 1 aromatic rings. The molecular weight excluding hydrogens is 174 g/mol. The minimum atomic E-state index is -0.00176. The molecule has 0 aliphatic heterocycles. The maximum Gasteiger partial charge on any atom is 0.216 e. The van der Waals surface area contributed by atoms with Crippen LogP contribution in [0.5, 0.6) is 0 Å². The Morgan fingerprint density at radius 2 is 2.36 bits per heavy atom. The van der Waals surface area contributed by atoms with Crippen LogP contribution in [-0.4, -0.2) is 12.5 Å². The van der Waals surface area contributed by atoms with Gasteiger partial charge in [-0.1, -0.05) is 18.1 Å². The number of hydrogen-bond acceptors (Lipinski definition) is 1. The molecule has 0 spiro atoms. The van der Waals surface area contributed by atoms with Crippen molar-refractivity contribution in [2.75, 3.05) is 6.54 Å². The molecule has 0 aromatic heterocycles. The number of amides is 1. The van der Waals surface area contributed by atoms with Gasteiger partial charge in [0.1, 0.15) is 0 Å². The second kappa shape index (κ2) is 5.08. The molecule has 2 heteroatoms. The zero-order valence-electron chi connectivity index (χ0n) is 8.21. The van der Waals surface area contributed by atoms with E-state index in [2.05, 4.69) is 11.2 Å². The number of benzene rings is 1. The van der Waals surface area contributed by atoms with Crippen molar-refractivity contribution in [2.45, 2.75) is 13.3 Å². The van der Waals surface area contributed by atoms with Crippen molar-refractivity contribution in [3.63, 3.8) is 0 Å². The number of hydrogen-bond donors (Lipinski definition) is 1. The normalized spacial score (nSPS) is 9.14. The molecule has 0 fully saturated rings. The fraction of sp³-hybridized carbons (Fsp3) is 0.250. The van der Waals surface area contributed by atoms with Crippen LogP contribution in [0.4, 0.5) is 0 Å². The summed E-state index contributed by atoms with van der Waals surface area (Å²) in [5.74, 6) is 2.58. The van der Waals surface area contributed by atoms with E-state index in [1.807, 2.05) is 24.3 Å². The summed E-state index contributed by atoms with van der Waals surface area (Å²) in [5, 5.41) is 2.74. The topological polar surface area (TPSA) is 29.1 Å². The van der Waals surface area contributed by atoms with Crippen LogP contribution in [0.25, 0.3) is 0 Å². The van der Waals surface area contributed by atoms with Gasteiger partial charge in [-0.2, -0.15) is 0 Å². The molecule has 0 atom stereocenters. The molecule has 1 aromatic carbocycles. The average Bonchev–Trinajstić information content (AvgIpc) is 2.18. The molecule has 0 saturated heterocycles. The Labute approximate surface area is 84.3 Å². The minimum Gasteiger partial charge on any atom is -0.356 e. The number of carbonyl (C=O) groups excluding carboxylic acids is 1. The van der Waals surface area contributed by atoms with Crippen molar-refractivity contribution >= 4 is 5.91 Å². The molecule has 0 aliphatic carbocycles. The highest BCUT2D eigenvalue weighted by Gasteiger charge is 1.95. The first-order chi connectivity index (χ1) is 6.72. The quantitative estimate of drug-likeness (QED) is 0.711. The number of rotatable bonds is 3. The van der Waals surface area contributed by atoms with Gasteiger partial charge in [-0.05, 0) is 24.1 Å². The van der Waals surface area contributed by atoms with E-state index in [0.717, 1.165) is 17.5 Å². The first kappa shape index (κ1) is 10.3. The highest BCUT2D eigenvalue weighted by Crippen LogP contribution is 2.04. The molecule has 0 heterocycles. The largest absolute Gasteiger partial charge is 0.356 e. The van der Waals surface area contributed by atoms with Crippen molar-refractivity contribution in [3.05, 3.63) is 35.4 Å². The van der Waals surface area contributed by atoms with Crippen LogP contribution in [0.1, 0.15) is 18.1 Å². The summed E-state index contributed by atoms with van der Waals surface area (Å²) in [5.41, 5.74) is 2.03. The monoisotopic (exact) mass is 187 g/mol. The third-order valence-electron chi connectivity index (χ3n) is 1.88. The van der Waals surface area contributed by atoms with E-state index in [9.17, 15) is 4.79 Å². The molecule has 72 valence electrons. The van der Waals surface area contributed by atoms with Gasteiger partial charge in [0.05, 0.1) is 0 Å². The lowest BCUT2D eigenvalue weighted by atomic mass is 10.1. The summed E-state index contributed by atoms with van der Waals surface area (Å²) in [6, 6.07) is 7.78. The number of nitrogens with one attached hydrogen (secondary N) is 1. The van der Waals surface area contributed by atoms with Gasteiger partial charge in [0.15, 0.2) is 0 Å². The van der Waals surface area contributed by atoms with Crippen LogP contribution in [0.2, 0.25) is 0 Å². The molecule has 0 aliphatic rings. The van der Waals surface area contributed by atoms with Crippen LogP contribution in [0, 0.1) is 12.3 Å². The van der Waals surface area contributed by atoms with E-state index in [1.165, 1.54) is 6.92 Å². The fourth-order valence-electron chi connectivity index (χ4n) is 1.20. The van der Waals surface area contributed by atoms with Gasteiger partial charge in [-0.15, -0.1) is 6.42 Å². The Balaban J connectivity index is 2.51. The molecule has 1 rings (SSSR count). The van der Waals surface area contributed by atoms with Crippen LogP contribution >= 0.6 is 0 Å². The molecule has 0 radical (unpaired) electrons. The Kier molecular flexibility index (Phi) is 3.75. The third kappa shape index (κ3) is 3.32. The van der Waals surface area contributed by atoms with Gasteiger partial charge in [-0.25, -0.2) is 0 Å². The molecule has 14 heavy (non-hydrogen) atoms. The predicted octanol–water partition coefficient (Wildman–Crippen LogP) is 1.35. The zero-order chi connectivity index (χ0) is 10.4. The predicted molar refractivity (Wildman–Crippen MR) is 56.8 cm³/mol. The minimum absolute atomic E-state index is 0.00176. The van der Waals surface area contributed by atoms with Crippen molar-refractivity contribution < 1.29 is 4.79 Å². The summed E-state index contributed by atoms with van der Waals surface area (Å²) in [6.07, 6.45) is 6.09. The Morgan fingerprint density at radius 1 is 1.57 bits per heavy atom. The third-order valence-corrected chi connectivity index (χ3v) is 1.88. The van der Waals surface area contributed by atoms with Crippen molar-refractivity contribution in [1.29, 1.82) is 0 Å². The zero-order valence-corrected chi connectivity index (χ0v) is 8.21. The highest BCUT2D eigenvalue weighted by molar-refractivity contribution is 5.72. The van der Waals surface area contributed by atoms with Crippen LogP contribution < -0.4 is 5.32 Å². The molecule has 2 nitrogen and oxygen atoms in total. The average molecular weight is 187 g/mol. The second-order valence-electron chi connectivity index (χ2n) is 3.08. The molecular formula is C12H13NO. The van der Waals surface area contributed by atoms with Gasteiger partial charge in [-0.3, -0.25) is 4.79 Å². The summed E-state index contributed by atoms with van der Waals surface area (Å²) >= 11 is 0. The molecule has 1 N–H and O–H groups in total. The summed E-state index contributed by atoms with van der Waals surface area (Å²) in [4.78, 5) is 10.6. The van der Waals surface area contributed by atoms with E-state index in [0.29, 0.717) is 6.54 Å². The van der Waals surface area contributed by atoms with Gasteiger partial charge < -0.3 is 5.32 Å². The SMILES string of the molecule is C#Cc1cccc(CCNC(C)=O)c1. The van der Waals surface area contributed by atoms with Crippen molar-refractivity contribution in [3.8, 4) is 12.3 Å². The van der Waals surface area contributed by atoms with E-state index in [1.54, 1.807) is 0 Å². The fourth-order valence-corrected chi connectivity index (χ4v) is 1.20. The van der Waals surface area contributed by atoms with Crippen LogP contribution in [-0.2, 0) is 11.2 Å². The molecule has 0 bridgehead atoms. The van der Waals surface area contributed by atoms with E-state index in [-0.39, 0.29) is 5.91 Å². The number of carbonyl (C=O) groups is 1. The lowest BCUT2D eigenvalue weighted by Crippen LogP contribution is -2.22. The summed E-state index contributed by atoms with van der Waals surface area (Å²) < 4.78 is 0. The van der Waals surface area contributed by atoms with E-state index >= 15 is 0 Å². The Morgan fingerprint density at radius 3 is 3.00 bits per heavy atom. The molecule has 0 saturated carbocycles. The smallest absolute Gasteiger partial charge is 0.216 e. The van der Waals surface area contributed by atoms with Crippen LogP contribution in [0.15, 0.2) is 24.3 Å². The van der Waals surface area contributed by atoms with Crippen molar-refractivity contribution in [2.24, 2.45) is 0 Å². The van der Waals surface area contributed by atoms with E-state index in [4.69, 9.17) is 6.42 Å². The maximum absolute atomic E-state index is 10.6. The maximum atomic E-state index is 10.6. The summed E-state index contributed by atoms with van der Waals surface area (Å²) in [7, 11) is 0. The van der Waals surface area contributed by atoms with Gasteiger partial charge in [0.25, 0.3) is 0 Å². The van der Waals surface area contributed by atoms with Gasteiger partial charge in [0, 0.05) is 19.0 Å². The Hall–Kier alpha value is -1.75. The second-order valence-corrected chi connectivity index (χ2v) is 3.08. The standard InChI is InChI=1S/C12H13NO/c1-3-11-5-4-6-12(9-11)7-8-13-10(2)14/h1,4-6,9H,7-8H2,2H3,(H,13,14). The lowest BCUT2D eigenvalue weighted by Gasteiger charge is -2.02. The molecule has 0 unspecified atom stereocenters. The van der Waals surface area contributed by atoms with Gasteiger partial charge in [0.2, 0.25) is 5.91 Å². The van der Waals surface area contributed by atoms with Crippen molar-refractivity contribution in [1.82, 2.24) is 5.32 Å². The van der Waals surface area contributed by atoms with Gasteiger partial charge >= 0.3 is 0 Å². The summed E-state index contributed by atoms with van der Waals surface area (Å²) in [6.45, 7) is 2.17. The first-order valence-corrected chi connectivity index (χ1v) is 4.52. The first-order valence-electron chi connectivity index (χ1n) is 4.52. The number of terminal acetylenes is 1. The molecule has 1 amide bonds. The van der Waals surface area contributed by atoms with E-state index < -0.39 is 0 Å². The van der Waals surface area contributed by atoms with Crippen LogP contribution in [0.3, 0.4) is 0 Å². The highest BCUT2D eigenvalue weighted by atomic mass is 16.1. The Bertz CT molecular complexity index is 363.